The first-order valence-corrected chi connectivity index (χ1v) is 8.29. The second-order valence-electron chi connectivity index (χ2n) is 5.53. The molecular weight excluding hydrogens is 285 g/mol. The molecule has 0 radical (unpaired) electrons. The van der Waals surface area contributed by atoms with Crippen LogP contribution >= 0.6 is 11.3 Å². The Balaban J connectivity index is 1.82. The van der Waals surface area contributed by atoms with E-state index in [0.717, 1.165) is 5.69 Å². The molecule has 1 aromatic heterocycles. The van der Waals surface area contributed by atoms with Crippen molar-refractivity contribution in [1.82, 2.24) is 0 Å². The van der Waals surface area contributed by atoms with Crippen LogP contribution in [0, 0.1) is 11.7 Å². The smallest absolute Gasteiger partial charge is 0.167 e. The number of hydrogen-bond donors (Lipinski definition) is 1. The molecule has 0 aliphatic heterocycles. The van der Waals surface area contributed by atoms with Gasteiger partial charge in [-0.2, -0.15) is 0 Å². The first-order chi connectivity index (χ1) is 10.3. The van der Waals surface area contributed by atoms with Gasteiger partial charge in [0.2, 0.25) is 0 Å². The summed E-state index contributed by atoms with van der Waals surface area (Å²) in [4.78, 5) is 1.33. The molecule has 1 aromatic carbocycles. The zero-order chi connectivity index (χ0) is 14.7. The molecule has 1 saturated carbocycles. The molecule has 0 spiro atoms. The summed E-state index contributed by atoms with van der Waals surface area (Å²) in [6.07, 6.45) is 5.08. The highest BCUT2D eigenvalue weighted by Crippen LogP contribution is 2.39. The SMILES string of the molecule is COc1ccc(NC(c2cccs2)C2CCCC2)cc1F. The lowest BCUT2D eigenvalue weighted by atomic mass is 9.96. The minimum Gasteiger partial charge on any atom is -0.494 e. The molecule has 4 heteroatoms. The second kappa shape index (κ2) is 6.48. The van der Waals surface area contributed by atoms with E-state index in [4.69, 9.17) is 4.74 Å². The Morgan fingerprint density at radius 3 is 2.71 bits per heavy atom. The van der Waals surface area contributed by atoms with Crippen LogP contribution < -0.4 is 10.1 Å². The van der Waals surface area contributed by atoms with Gasteiger partial charge in [0.25, 0.3) is 0 Å². The van der Waals surface area contributed by atoms with E-state index in [-0.39, 0.29) is 17.6 Å². The van der Waals surface area contributed by atoms with E-state index in [0.29, 0.717) is 5.92 Å². The van der Waals surface area contributed by atoms with Gasteiger partial charge < -0.3 is 10.1 Å². The van der Waals surface area contributed by atoms with E-state index in [2.05, 4.69) is 22.8 Å². The summed E-state index contributed by atoms with van der Waals surface area (Å²) in [6, 6.07) is 9.61. The van der Waals surface area contributed by atoms with E-state index in [1.165, 1.54) is 43.7 Å². The van der Waals surface area contributed by atoms with Gasteiger partial charge in [-0.1, -0.05) is 18.9 Å². The summed E-state index contributed by atoms with van der Waals surface area (Å²) in [7, 11) is 1.48. The average Bonchev–Trinajstić information content (AvgIpc) is 3.18. The Kier molecular flexibility index (Phi) is 4.44. The lowest BCUT2D eigenvalue weighted by molar-refractivity contribution is 0.386. The molecule has 1 heterocycles. The van der Waals surface area contributed by atoms with Crippen LogP contribution in [0.4, 0.5) is 10.1 Å². The van der Waals surface area contributed by atoms with Gasteiger partial charge in [-0.3, -0.25) is 0 Å². The van der Waals surface area contributed by atoms with Crippen LogP contribution in [0.25, 0.3) is 0 Å². The molecule has 112 valence electrons. The van der Waals surface area contributed by atoms with Crippen molar-refractivity contribution in [3.05, 3.63) is 46.4 Å². The first kappa shape index (κ1) is 14.4. The van der Waals surface area contributed by atoms with Gasteiger partial charge in [0.1, 0.15) is 0 Å². The van der Waals surface area contributed by atoms with Gasteiger partial charge in [0.05, 0.1) is 13.2 Å². The van der Waals surface area contributed by atoms with Crippen LogP contribution in [-0.4, -0.2) is 7.11 Å². The van der Waals surface area contributed by atoms with Crippen molar-refractivity contribution in [2.24, 2.45) is 5.92 Å². The van der Waals surface area contributed by atoms with Gasteiger partial charge in [-0.05, 0) is 42.3 Å². The van der Waals surface area contributed by atoms with Crippen molar-refractivity contribution < 1.29 is 9.13 Å². The van der Waals surface area contributed by atoms with Gasteiger partial charge in [-0.15, -0.1) is 11.3 Å². The van der Waals surface area contributed by atoms with Gasteiger partial charge in [-0.25, -0.2) is 4.39 Å². The van der Waals surface area contributed by atoms with E-state index in [9.17, 15) is 4.39 Å². The van der Waals surface area contributed by atoms with E-state index < -0.39 is 0 Å². The van der Waals surface area contributed by atoms with E-state index in [1.807, 2.05) is 6.07 Å². The van der Waals surface area contributed by atoms with Crippen molar-refractivity contribution in [3.63, 3.8) is 0 Å². The van der Waals surface area contributed by atoms with Crippen molar-refractivity contribution in [1.29, 1.82) is 0 Å². The van der Waals surface area contributed by atoms with E-state index in [1.54, 1.807) is 17.4 Å². The predicted octanol–water partition coefficient (Wildman–Crippen LogP) is 5.24. The number of rotatable bonds is 5. The summed E-state index contributed by atoms with van der Waals surface area (Å²) in [5.41, 5.74) is 0.818. The molecule has 3 rings (SSSR count). The van der Waals surface area contributed by atoms with Crippen LogP contribution in [-0.2, 0) is 0 Å². The minimum absolute atomic E-state index is 0.278. The third-order valence-corrected chi connectivity index (χ3v) is 5.15. The number of hydrogen-bond acceptors (Lipinski definition) is 3. The van der Waals surface area contributed by atoms with Gasteiger partial charge in [0.15, 0.2) is 11.6 Å². The van der Waals surface area contributed by atoms with Gasteiger partial charge in [0, 0.05) is 16.6 Å². The quantitative estimate of drug-likeness (QED) is 0.815. The lowest BCUT2D eigenvalue weighted by Crippen LogP contribution is -2.18. The Bertz CT molecular complexity index is 578. The third-order valence-electron chi connectivity index (χ3n) is 4.19. The molecule has 2 nitrogen and oxygen atoms in total. The zero-order valence-corrected chi connectivity index (χ0v) is 13.0. The monoisotopic (exact) mass is 305 g/mol. The standard InChI is InChI=1S/C17H20FNOS/c1-20-15-9-8-13(11-14(15)18)19-17(12-5-2-3-6-12)16-7-4-10-21-16/h4,7-12,17,19H,2-3,5-6H2,1H3. The highest BCUT2D eigenvalue weighted by atomic mass is 32.1. The number of anilines is 1. The van der Waals surface area contributed by atoms with Crippen LogP contribution in [0.3, 0.4) is 0 Å². The summed E-state index contributed by atoms with van der Waals surface area (Å²) in [6.45, 7) is 0. The largest absolute Gasteiger partial charge is 0.494 e. The maximum absolute atomic E-state index is 13.9. The Morgan fingerprint density at radius 2 is 2.10 bits per heavy atom. The fourth-order valence-corrected chi connectivity index (χ4v) is 3.99. The lowest BCUT2D eigenvalue weighted by Gasteiger charge is -2.25. The molecular formula is C17H20FNOS. The molecule has 1 unspecified atom stereocenters. The number of halogens is 1. The van der Waals surface area contributed by atoms with Crippen molar-refractivity contribution in [3.8, 4) is 5.75 Å². The Labute approximate surface area is 129 Å². The molecule has 1 atom stereocenters. The minimum atomic E-state index is -0.321. The maximum Gasteiger partial charge on any atom is 0.167 e. The van der Waals surface area contributed by atoms with Crippen LogP contribution in [0.1, 0.15) is 36.6 Å². The van der Waals surface area contributed by atoms with Crippen molar-refractivity contribution in [2.45, 2.75) is 31.7 Å². The Morgan fingerprint density at radius 1 is 1.29 bits per heavy atom. The highest BCUT2D eigenvalue weighted by Gasteiger charge is 2.27. The highest BCUT2D eigenvalue weighted by molar-refractivity contribution is 7.10. The molecule has 0 amide bonds. The summed E-state index contributed by atoms with van der Waals surface area (Å²) < 4.78 is 18.8. The second-order valence-corrected chi connectivity index (χ2v) is 6.51. The Hall–Kier alpha value is -1.55. The predicted molar refractivity (Wildman–Crippen MR) is 85.6 cm³/mol. The molecule has 1 N–H and O–H groups in total. The molecule has 1 aliphatic carbocycles. The van der Waals surface area contributed by atoms with Crippen LogP contribution in [0.5, 0.6) is 5.75 Å². The summed E-state index contributed by atoms with van der Waals surface area (Å²) in [5, 5.41) is 5.64. The van der Waals surface area contributed by atoms with Crippen molar-refractivity contribution in [2.75, 3.05) is 12.4 Å². The summed E-state index contributed by atoms with van der Waals surface area (Å²) >= 11 is 1.77. The number of methoxy groups -OCH3 is 1. The number of ether oxygens (including phenoxy) is 1. The number of nitrogens with one attached hydrogen (secondary N) is 1. The molecule has 21 heavy (non-hydrogen) atoms. The molecule has 2 aromatic rings. The topological polar surface area (TPSA) is 21.3 Å². The first-order valence-electron chi connectivity index (χ1n) is 7.41. The third kappa shape index (κ3) is 3.21. The van der Waals surface area contributed by atoms with Crippen LogP contribution in [0.2, 0.25) is 0 Å². The normalized spacial score (nSPS) is 16.9. The number of thiophene rings is 1. The molecule has 0 bridgehead atoms. The average molecular weight is 305 g/mol. The van der Waals surface area contributed by atoms with Gasteiger partial charge >= 0.3 is 0 Å². The molecule has 0 saturated heterocycles. The van der Waals surface area contributed by atoms with Crippen molar-refractivity contribution >= 4 is 17.0 Å². The molecule has 1 fully saturated rings. The van der Waals surface area contributed by atoms with E-state index >= 15 is 0 Å². The summed E-state index contributed by atoms with van der Waals surface area (Å²) in [5.74, 6) is 0.599. The number of benzene rings is 1. The zero-order valence-electron chi connectivity index (χ0n) is 12.1. The molecule has 1 aliphatic rings. The van der Waals surface area contributed by atoms with Crippen LogP contribution in [0.15, 0.2) is 35.7 Å². The fraction of sp³-hybridized carbons (Fsp3) is 0.412. The fourth-order valence-electron chi connectivity index (χ4n) is 3.12. The maximum atomic E-state index is 13.9.